The number of nitrogens with one attached hydrogen (secondary N) is 1. The molecule has 0 aromatic rings. The van der Waals surface area contributed by atoms with Crippen molar-refractivity contribution >= 4 is 17.9 Å². The van der Waals surface area contributed by atoms with Gasteiger partial charge in [-0.15, -0.1) is 0 Å². The molecule has 7 nitrogen and oxygen atoms in total. The van der Waals surface area contributed by atoms with Gasteiger partial charge in [0.2, 0.25) is 0 Å². The van der Waals surface area contributed by atoms with E-state index in [0.29, 0.717) is 19.4 Å². The first-order chi connectivity index (χ1) is 7.55. The van der Waals surface area contributed by atoms with Gasteiger partial charge in [-0.25, -0.2) is 4.79 Å². The molecule has 0 aromatic heterocycles. The van der Waals surface area contributed by atoms with Crippen LogP contribution in [0.25, 0.3) is 0 Å². The van der Waals surface area contributed by atoms with Crippen LogP contribution >= 0.6 is 0 Å². The predicted octanol–water partition coefficient (Wildman–Crippen LogP) is -0.828. The Kier molecular flexibility index (Phi) is 2.55. The second-order valence-electron chi connectivity index (χ2n) is 3.95. The van der Waals surface area contributed by atoms with Crippen LogP contribution in [-0.2, 0) is 14.3 Å². The number of carbonyl (C=O) groups is 3. The number of rotatable bonds is 2. The van der Waals surface area contributed by atoms with Crippen molar-refractivity contribution in [1.82, 2.24) is 10.2 Å². The third-order valence-electron chi connectivity index (χ3n) is 2.78. The fourth-order valence-corrected chi connectivity index (χ4v) is 2.02. The Hall–Kier alpha value is -1.63. The Labute approximate surface area is 91.3 Å². The number of amides is 3. The number of hydrogen-bond acceptors (Lipinski definition) is 4. The van der Waals surface area contributed by atoms with E-state index in [1.54, 1.807) is 0 Å². The van der Waals surface area contributed by atoms with Crippen molar-refractivity contribution in [2.75, 3.05) is 19.8 Å². The molecule has 3 amide bonds. The third-order valence-corrected chi connectivity index (χ3v) is 2.78. The first-order valence-electron chi connectivity index (χ1n) is 4.99. The number of ether oxygens (including phenoxy) is 1. The molecule has 1 atom stereocenters. The average Bonchev–Trinajstić information content (AvgIpc) is 2.44. The maximum atomic E-state index is 11.9. The van der Waals surface area contributed by atoms with Crippen LogP contribution in [0.5, 0.6) is 0 Å². The van der Waals surface area contributed by atoms with Crippen molar-refractivity contribution in [3.8, 4) is 0 Å². The van der Waals surface area contributed by atoms with Crippen LogP contribution < -0.4 is 5.32 Å². The summed E-state index contributed by atoms with van der Waals surface area (Å²) in [7, 11) is 0. The van der Waals surface area contributed by atoms with Crippen molar-refractivity contribution in [2.24, 2.45) is 0 Å². The zero-order valence-corrected chi connectivity index (χ0v) is 8.56. The van der Waals surface area contributed by atoms with Crippen LogP contribution in [0.4, 0.5) is 4.79 Å². The van der Waals surface area contributed by atoms with Gasteiger partial charge in [-0.2, -0.15) is 0 Å². The summed E-state index contributed by atoms with van der Waals surface area (Å²) in [6.07, 6.45) is 1.17. The summed E-state index contributed by atoms with van der Waals surface area (Å²) in [4.78, 5) is 34.6. The van der Waals surface area contributed by atoms with E-state index in [0.717, 1.165) is 4.90 Å². The summed E-state index contributed by atoms with van der Waals surface area (Å²) in [6, 6.07) is -0.655. The number of carboxylic acids is 1. The van der Waals surface area contributed by atoms with E-state index >= 15 is 0 Å². The van der Waals surface area contributed by atoms with Crippen molar-refractivity contribution < 1.29 is 24.2 Å². The van der Waals surface area contributed by atoms with Crippen LogP contribution in [0.1, 0.15) is 12.8 Å². The topological polar surface area (TPSA) is 95.9 Å². The molecule has 1 unspecified atom stereocenters. The van der Waals surface area contributed by atoms with Crippen molar-refractivity contribution in [3.63, 3.8) is 0 Å². The fourth-order valence-electron chi connectivity index (χ4n) is 2.02. The summed E-state index contributed by atoms with van der Waals surface area (Å²) in [5.41, 5.74) is -1.04. The third kappa shape index (κ3) is 1.63. The molecule has 0 bridgehead atoms. The standard InChI is InChI=1S/C9H12N2O5/c12-6(13)4-11-7(14)9(10-8(11)15)2-1-3-16-5-9/h1-5H2,(H,10,15)(H,12,13). The van der Waals surface area contributed by atoms with Crippen LogP contribution in [0.2, 0.25) is 0 Å². The van der Waals surface area contributed by atoms with Crippen LogP contribution in [-0.4, -0.2) is 53.2 Å². The van der Waals surface area contributed by atoms with Crippen LogP contribution in [0, 0.1) is 0 Å². The second kappa shape index (κ2) is 3.75. The molecule has 88 valence electrons. The molecule has 0 aliphatic carbocycles. The largest absolute Gasteiger partial charge is 0.480 e. The molecule has 0 radical (unpaired) electrons. The molecule has 7 heteroatoms. The molecule has 2 rings (SSSR count). The van der Waals surface area contributed by atoms with Crippen molar-refractivity contribution in [2.45, 2.75) is 18.4 Å². The Morgan fingerprint density at radius 3 is 2.88 bits per heavy atom. The Morgan fingerprint density at radius 2 is 2.31 bits per heavy atom. The number of carbonyl (C=O) groups excluding carboxylic acids is 2. The van der Waals surface area contributed by atoms with Crippen molar-refractivity contribution in [1.29, 1.82) is 0 Å². The van der Waals surface area contributed by atoms with Crippen LogP contribution in [0.15, 0.2) is 0 Å². The normalized spacial score (nSPS) is 29.6. The summed E-state index contributed by atoms with van der Waals surface area (Å²) in [5.74, 6) is -1.71. The molecule has 2 aliphatic rings. The molecule has 2 saturated heterocycles. The van der Waals surface area contributed by atoms with E-state index in [1.807, 2.05) is 0 Å². The van der Waals surface area contributed by atoms with E-state index in [2.05, 4.69) is 5.32 Å². The Morgan fingerprint density at radius 1 is 1.56 bits per heavy atom. The zero-order chi connectivity index (χ0) is 11.8. The first kappa shape index (κ1) is 10.9. The van der Waals surface area contributed by atoms with E-state index in [9.17, 15) is 14.4 Å². The second-order valence-corrected chi connectivity index (χ2v) is 3.95. The predicted molar refractivity (Wildman–Crippen MR) is 50.7 cm³/mol. The molecular formula is C9H12N2O5. The molecule has 16 heavy (non-hydrogen) atoms. The van der Waals surface area contributed by atoms with Gasteiger partial charge in [-0.3, -0.25) is 14.5 Å². The summed E-state index contributed by atoms with van der Waals surface area (Å²) in [6.45, 7) is 0.0734. The minimum Gasteiger partial charge on any atom is -0.480 e. The molecule has 1 spiro atoms. The smallest absolute Gasteiger partial charge is 0.325 e. The highest BCUT2D eigenvalue weighted by molar-refractivity contribution is 6.08. The number of nitrogens with zero attached hydrogens (tertiary/aromatic N) is 1. The summed E-state index contributed by atoms with van der Waals surface area (Å²) < 4.78 is 5.17. The highest BCUT2D eigenvalue weighted by atomic mass is 16.5. The van der Waals surface area contributed by atoms with Gasteiger partial charge in [-0.1, -0.05) is 0 Å². The molecular weight excluding hydrogens is 216 g/mol. The highest BCUT2D eigenvalue weighted by Gasteiger charge is 2.52. The number of imide groups is 1. The first-order valence-corrected chi connectivity index (χ1v) is 4.99. The number of hydrogen-bond donors (Lipinski definition) is 2. The Balaban J connectivity index is 2.17. The molecule has 2 aliphatic heterocycles. The number of aliphatic carboxylic acids is 1. The van der Waals surface area contributed by atoms with Gasteiger partial charge in [0.05, 0.1) is 6.61 Å². The molecule has 0 saturated carbocycles. The zero-order valence-electron chi connectivity index (χ0n) is 8.56. The number of urea groups is 1. The van der Waals surface area contributed by atoms with Gasteiger partial charge >= 0.3 is 12.0 Å². The van der Waals surface area contributed by atoms with Gasteiger partial charge in [0.15, 0.2) is 0 Å². The minimum atomic E-state index is -1.21. The lowest BCUT2D eigenvalue weighted by atomic mass is 9.92. The number of carboxylic acid groups (broad SMARTS) is 1. The van der Waals surface area contributed by atoms with E-state index in [4.69, 9.17) is 9.84 Å². The average molecular weight is 228 g/mol. The minimum absolute atomic E-state index is 0.119. The highest BCUT2D eigenvalue weighted by Crippen LogP contribution is 2.26. The van der Waals surface area contributed by atoms with E-state index < -0.39 is 30.0 Å². The molecule has 2 N–H and O–H groups in total. The van der Waals surface area contributed by atoms with Gasteiger partial charge in [0.25, 0.3) is 5.91 Å². The monoisotopic (exact) mass is 228 g/mol. The lowest BCUT2D eigenvalue weighted by molar-refractivity contribution is -0.144. The van der Waals surface area contributed by atoms with E-state index in [-0.39, 0.29) is 6.61 Å². The lowest BCUT2D eigenvalue weighted by Gasteiger charge is -2.30. The molecule has 2 fully saturated rings. The molecule has 2 heterocycles. The van der Waals surface area contributed by atoms with Crippen molar-refractivity contribution in [3.05, 3.63) is 0 Å². The van der Waals surface area contributed by atoms with Gasteiger partial charge < -0.3 is 15.2 Å². The lowest BCUT2D eigenvalue weighted by Crippen LogP contribution is -2.53. The van der Waals surface area contributed by atoms with Crippen LogP contribution in [0.3, 0.4) is 0 Å². The van der Waals surface area contributed by atoms with E-state index in [1.165, 1.54) is 0 Å². The maximum Gasteiger partial charge on any atom is 0.325 e. The summed E-state index contributed by atoms with van der Waals surface area (Å²) >= 11 is 0. The van der Waals surface area contributed by atoms with Gasteiger partial charge in [0, 0.05) is 6.61 Å². The van der Waals surface area contributed by atoms with Gasteiger partial charge in [-0.05, 0) is 12.8 Å². The van der Waals surface area contributed by atoms with Gasteiger partial charge in [0.1, 0.15) is 12.1 Å². The Bertz CT molecular complexity index is 348. The maximum absolute atomic E-state index is 11.9. The molecule has 0 aromatic carbocycles. The quantitative estimate of drug-likeness (QED) is 0.601. The summed E-state index contributed by atoms with van der Waals surface area (Å²) in [5, 5.41) is 11.1. The SMILES string of the molecule is O=C(O)CN1C(=O)NC2(CCCOC2)C1=O. The fraction of sp³-hybridized carbons (Fsp3) is 0.667.